The number of imidazole rings is 1. The number of nitrogens with zero attached hydrogens (tertiary/aromatic N) is 2. The van der Waals surface area contributed by atoms with Crippen molar-refractivity contribution in [3.63, 3.8) is 0 Å². The average molecular weight is 589 g/mol. The van der Waals surface area contributed by atoms with Gasteiger partial charge in [-0.2, -0.15) is 0 Å². The number of hydrogen-bond donors (Lipinski definition) is 2. The van der Waals surface area contributed by atoms with E-state index in [9.17, 15) is 13.5 Å². The minimum Gasteiger partial charge on any atom is -0.392 e. The van der Waals surface area contributed by atoms with E-state index < -0.39 is 16.3 Å². The molecule has 8 nitrogen and oxygen atoms in total. The van der Waals surface area contributed by atoms with Gasteiger partial charge in [-0.3, -0.25) is 0 Å². The number of halogens is 2. The van der Waals surface area contributed by atoms with Gasteiger partial charge in [0.2, 0.25) is 10.0 Å². The lowest BCUT2D eigenvalue weighted by Crippen LogP contribution is -2.32. The number of hydrogen-bond acceptors (Lipinski definition) is 6. The fourth-order valence-electron chi connectivity index (χ4n) is 4.38. The molecule has 1 saturated heterocycles. The lowest BCUT2D eigenvalue weighted by Gasteiger charge is -2.36. The van der Waals surface area contributed by atoms with Gasteiger partial charge in [-0.25, -0.2) is 18.1 Å². The summed E-state index contributed by atoms with van der Waals surface area (Å²) in [6, 6.07) is 23.3. The predicted molar refractivity (Wildman–Crippen MR) is 148 cm³/mol. The largest absolute Gasteiger partial charge is 0.392 e. The van der Waals surface area contributed by atoms with Crippen LogP contribution in [0, 0.1) is 0 Å². The van der Waals surface area contributed by atoms with Crippen LogP contribution in [-0.2, 0) is 39.2 Å². The molecule has 1 aliphatic rings. The van der Waals surface area contributed by atoms with Crippen LogP contribution in [0.4, 0.5) is 0 Å². The van der Waals surface area contributed by atoms with E-state index in [0.717, 1.165) is 22.3 Å². The molecule has 0 aliphatic carbocycles. The fourth-order valence-corrected chi connectivity index (χ4v) is 5.73. The zero-order valence-corrected chi connectivity index (χ0v) is 23.1. The Morgan fingerprint density at radius 1 is 0.923 bits per heavy atom. The summed E-state index contributed by atoms with van der Waals surface area (Å²) in [7, 11) is -3.61. The number of nitrogens with one attached hydrogen (secondary N) is 1. The standard InChI is InChI=1S/C28H27Cl2N3O5S/c29-26-27(30)33(18-31-26)16-23-14-25(21-10-8-20(17-34)9-11-21)38-28(37-23)22-12-6-19(7-13-22)15-32-39(35,36)24-4-2-1-3-5-24/h1-13,18,23,25,28,32,34H,14-17H2/t23-,25+,28+/m1/s1. The van der Waals surface area contributed by atoms with Crippen LogP contribution in [0.15, 0.2) is 90.1 Å². The Balaban J connectivity index is 1.32. The Morgan fingerprint density at radius 3 is 2.23 bits per heavy atom. The second-order valence-electron chi connectivity index (χ2n) is 9.21. The second-order valence-corrected chi connectivity index (χ2v) is 11.7. The van der Waals surface area contributed by atoms with Gasteiger partial charge in [0.05, 0.1) is 36.6 Å². The smallest absolute Gasteiger partial charge is 0.240 e. The summed E-state index contributed by atoms with van der Waals surface area (Å²) >= 11 is 12.3. The van der Waals surface area contributed by atoms with Crippen molar-refractivity contribution < 1.29 is 23.0 Å². The Labute approximate surface area is 237 Å². The molecule has 0 saturated carbocycles. The van der Waals surface area contributed by atoms with E-state index in [-0.39, 0.29) is 35.4 Å². The van der Waals surface area contributed by atoms with Crippen LogP contribution in [0.25, 0.3) is 0 Å². The van der Waals surface area contributed by atoms with Gasteiger partial charge >= 0.3 is 0 Å². The lowest BCUT2D eigenvalue weighted by atomic mass is 10.00. The van der Waals surface area contributed by atoms with Crippen molar-refractivity contribution in [3.05, 3.63) is 118 Å². The van der Waals surface area contributed by atoms with Gasteiger partial charge in [-0.15, -0.1) is 0 Å². The van der Waals surface area contributed by atoms with Crippen molar-refractivity contribution in [2.24, 2.45) is 0 Å². The Hall–Kier alpha value is -2.76. The van der Waals surface area contributed by atoms with E-state index in [1.165, 1.54) is 0 Å². The average Bonchev–Trinajstić information content (AvgIpc) is 3.29. The van der Waals surface area contributed by atoms with Crippen LogP contribution >= 0.6 is 23.2 Å². The molecule has 1 fully saturated rings. The first-order chi connectivity index (χ1) is 18.8. The second kappa shape index (κ2) is 12.2. The molecule has 1 aliphatic heterocycles. The van der Waals surface area contributed by atoms with Crippen molar-refractivity contribution in [1.82, 2.24) is 14.3 Å². The van der Waals surface area contributed by atoms with Crippen LogP contribution in [0.1, 0.15) is 41.1 Å². The minimum absolute atomic E-state index is 0.0338. The number of ether oxygens (including phenoxy) is 2. The number of rotatable bonds is 9. The van der Waals surface area contributed by atoms with Crippen molar-refractivity contribution in [2.75, 3.05) is 0 Å². The maximum absolute atomic E-state index is 12.6. The molecule has 0 radical (unpaired) electrons. The van der Waals surface area contributed by atoms with Crippen LogP contribution < -0.4 is 4.72 Å². The molecule has 3 aromatic carbocycles. The lowest BCUT2D eigenvalue weighted by molar-refractivity contribution is -0.252. The topological polar surface area (TPSA) is 103 Å². The summed E-state index contributed by atoms with van der Waals surface area (Å²) < 4.78 is 42.2. The van der Waals surface area contributed by atoms with Crippen LogP contribution in [0.3, 0.4) is 0 Å². The third-order valence-electron chi connectivity index (χ3n) is 6.52. The Bertz CT molecular complexity index is 1500. The predicted octanol–water partition coefficient (Wildman–Crippen LogP) is 5.41. The SMILES string of the molecule is O=S(=O)(NCc1ccc([C@H]2O[C@@H](Cn3cnc(Cl)c3Cl)C[C@@H](c3ccc(CO)cc3)O2)cc1)c1ccccc1. The number of benzene rings is 3. The molecule has 1 aromatic heterocycles. The molecule has 0 unspecified atom stereocenters. The van der Waals surface area contributed by atoms with Gasteiger partial charge < -0.3 is 19.1 Å². The van der Waals surface area contributed by atoms with E-state index >= 15 is 0 Å². The number of aliphatic hydroxyl groups excluding tert-OH is 1. The third-order valence-corrected chi connectivity index (χ3v) is 8.71. The molecule has 5 rings (SSSR count). The molecule has 2 heterocycles. The molecular weight excluding hydrogens is 561 g/mol. The van der Waals surface area contributed by atoms with E-state index in [1.54, 1.807) is 41.2 Å². The molecule has 3 atom stereocenters. The first-order valence-electron chi connectivity index (χ1n) is 12.3. The molecule has 2 N–H and O–H groups in total. The van der Waals surface area contributed by atoms with Crippen LogP contribution in [-0.4, -0.2) is 29.2 Å². The summed E-state index contributed by atoms with van der Waals surface area (Å²) in [5.74, 6) is 0. The van der Waals surface area contributed by atoms with Crippen LogP contribution in [0.2, 0.25) is 10.3 Å². The molecule has 4 aromatic rings. The maximum Gasteiger partial charge on any atom is 0.240 e. The van der Waals surface area contributed by atoms with Gasteiger partial charge in [-0.1, -0.05) is 89.9 Å². The zero-order chi connectivity index (χ0) is 27.4. The molecule has 0 bridgehead atoms. The number of sulfonamides is 1. The van der Waals surface area contributed by atoms with Gasteiger partial charge in [0.25, 0.3) is 0 Å². The number of aromatic nitrogens is 2. The summed E-state index contributed by atoms with van der Waals surface area (Å²) in [6.45, 7) is 0.545. The monoisotopic (exact) mass is 587 g/mol. The Kier molecular flexibility index (Phi) is 8.68. The van der Waals surface area contributed by atoms with E-state index in [4.69, 9.17) is 32.7 Å². The highest BCUT2D eigenvalue weighted by Crippen LogP contribution is 2.39. The van der Waals surface area contributed by atoms with Crippen molar-refractivity contribution in [3.8, 4) is 0 Å². The van der Waals surface area contributed by atoms with Crippen molar-refractivity contribution >= 4 is 33.2 Å². The highest BCUT2D eigenvalue weighted by molar-refractivity contribution is 7.89. The normalized spacial score (nSPS) is 19.7. The minimum atomic E-state index is -3.61. The molecule has 11 heteroatoms. The fraction of sp³-hybridized carbons (Fsp3) is 0.250. The maximum atomic E-state index is 12.6. The van der Waals surface area contributed by atoms with Gasteiger partial charge in [0.15, 0.2) is 11.4 Å². The molecular formula is C28H27Cl2N3O5S. The first kappa shape index (κ1) is 27.8. The van der Waals surface area contributed by atoms with Gasteiger partial charge in [0, 0.05) is 18.5 Å². The summed E-state index contributed by atoms with van der Waals surface area (Å²) in [5.41, 5.74) is 3.37. The van der Waals surface area contributed by atoms with Gasteiger partial charge in [0.1, 0.15) is 5.15 Å². The summed E-state index contributed by atoms with van der Waals surface area (Å²) in [6.07, 6.45) is 0.956. The highest BCUT2D eigenvalue weighted by Gasteiger charge is 2.33. The molecule has 0 spiro atoms. The Morgan fingerprint density at radius 2 is 1.59 bits per heavy atom. The first-order valence-corrected chi connectivity index (χ1v) is 14.6. The molecule has 204 valence electrons. The van der Waals surface area contributed by atoms with E-state index in [1.807, 2.05) is 48.5 Å². The van der Waals surface area contributed by atoms with Crippen LogP contribution in [0.5, 0.6) is 0 Å². The quantitative estimate of drug-likeness (QED) is 0.271. The molecule has 0 amide bonds. The van der Waals surface area contributed by atoms with Crippen molar-refractivity contribution in [2.45, 2.75) is 49.5 Å². The number of aliphatic hydroxyl groups is 1. The van der Waals surface area contributed by atoms with Crippen molar-refractivity contribution in [1.29, 1.82) is 0 Å². The summed E-state index contributed by atoms with van der Waals surface area (Å²) in [5, 5.41) is 9.98. The van der Waals surface area contributed by atoms with E-state index in [0.29, 0.717) is 18.1 Å². The molecule has 39 heavy (non-hydrogen) atoms. The van der Waals surface area contributed by atoms with Gasteiger partial charge in [-0.05, 0) is 28.8 Å². The summed E-state index contributed by atoms with van der Waals surface area (Å²) in [4.78, 5) is 4.27. The van der Waals surface area contributed by atoms with E-state index in [2.05, 4.69) is 9.71 Å². The highest BCUT2D eigenvalue weighted by atomic mass is 35.5. The third kappa shape index (κ3) is 6.70. The zero-order valence-electron chi connectivity index (χ0n) is 20.8.